The van der Waals surface area contributed by atoms with Crippen molar-refractivity contribution in [3.8, 4) is 0 Å². The summed E-state index contributed by atoms with van der Waals surface area (Å²) in [5.74, 6) is -3.45. The van der Waals surface area contributed by atoms with Gasteiger partial charge in [0.25, 0.3) is 0 Å². The molecule has 0 spiro atoms. The van der Waals surface area contributed by atoms with Gasteiger partial charge < -0.3 is 0 Å². The van der Waals surface area contributed by atoms with Crippen molar-refractivity contribution in [3.63, 3.8) is 0 Å². The topological polar surface area (TPSA) is 51.2 Å². The quantitative estimate of drug-likeness (QED) is 0.720. The number of sulfone groups is 1. The first-order valence-corrected chi connectivity index (χ1v) is 6.94. The molecule has 7 heteroatoms. The molecule has 1 aliphatic rings. The molecule has 1 rings (SSSR count). The van der Waals surface area contributed by atoms with E-state index in [0.29, 0.717) is 5.57 Å². The molecule has 0 unspecified atom stereocenters. The highest BCUT2D eigenvalue weighted by Gasteiger charge is 2.48. The summed E-state index contributed by atoms with van der Waals surface area (Å²) in [6.45, 7) is 1.59. The Morgan fingerprint density at radius 3 is 2.35 bits per heavy atom. The molecular formula is C10H13F3O3S. The van der Waals surface area contributed by atoms with Gasteiger partial charge in [-0.25, -0.2) is 8.42 Å². The van der Waals surface area contributed by atoms with Gasteiger partial charge in [-0.2, -0.15) is 13.2 Å². The maximum Gasteiger partial charge on any atom is 0.450 e. The van der Waals surface area contributed by atoms with Gasteiger partial charge in [-0.3, -0.25) is 4.79 Å². The zero-order valence-electron chi connectivity index (χ0n) is 9.41. The smallest absolute Gasteiger partial charge is 0.289 e. The summed E-state index contributed by atoms with van der Waals surface area (Å²) >= 11 is 0. The number of hydrogen-bond donors (Lipinski definition) is 0. The SMILES string of the molecule is CC1=CC[C@@H](S(C)(=O)=O)[C@H](C(=O)C(F)(F)F)C1. The molecule has 0 heterocycles. The third kappa shape index (κ3) is 3.31. The van der Waals surface area contributed by atoms with Crippen LogP contribution in [0.15, 0.2) is 11.6 Å². The number of rotatable bonds is 2. The second kappa shape index (κ2) is 4.44. The molecule has 0 aromatic carbocycles. The van der Waals surface area contributed by atoms with E-state index in [-0.39, 0.29) is 12.8 Å². The lowest BCUT2D eigenvalue weighted by Crippen LogP contribution is -2.42. The van der Waals surface area contributed by atoms with Crippen LogP contribution in [-0.4, -0.2) is 31.9 Å². The maximum absolute atomic E-state index is 12.4. The van der Waals surface area contributed by atoms with Crippen LogP contribution in [0.4, 0.5) is 13.2 Å². The van der Waals surface area contributed by atoms with Crippen LogP contribution in [0.3, 0.4) is 0 Å². The van der Waals surface area contributed by atoms with Gasteiger partial charge >= 0.3 is 6.18 Å². The molecule has 0 amide bonds. The fraction of sp³-hybridized carbons (Fsp3) is 0.700. The lowest BCUT2D eigenvalue weighted by atomic mass is 9.85. The number of halogens is 3. The Labute approximate surface area is 97.6 Å². The van der Waals surface area contributed by atoms with Crippen LogP contribution in [0.5, 0.6) is 0 Å². The molecule has 0 saturated carbocycles. The van der Waals surface area contributed by atoms with Crippen LogP contribution < -0.4 is 0 Å². The number of carbonyl (C=O) groups excluding carboxylic acids is 1. The summed E-state index contributed by atoms with van der Waals surface area (Å²) in [6.07, 6.45) is -2.72. The molecule has 0 fully saturated rings. The molecule has 0 saturated heterocycles. The highest BCUT2D eigenvalue weighted by Crippen LogP contribution is 2.34. The van der Waals surface area contributed by atoms with Crippen LogP contribution in [0.1, 0.15) is 19.8 Å². The minimum atomic E-state index is -4.98. The van der Waals surface area contributed by atoms with Crippen LogP contribution in [0, 0.1) is 5.92 Å². The summed E-state index contributed by atoms with van der Waals surface area (Å²) in [4.78, 5) is 11.2. The van der Waals surface area contributed by atoms with E-state index in [2.05, 4.69) is 0 Å². The van der Waals surface area contributed by atoms with Crippen molar-refractivity contribution < 1.29 is 26.4 Å². The number of Topliss-reactive ketones (excluding diaryl/α,β-unsaturated/α-hetero) is 1. The normalized spacial score (nSPS) is 26.5. The maximum atomic E-state index is 12.4. The van der Waals surface area contributed by atoms with Gasteiger partial charge in [0.15, 0.2) is 9.84 Å². The Kier molecular flexibility index (Phi) is 3.71. The van der Waals surface area contributed by atoms with Crippen molar-refractivity contribution in [2.24, 2.45) is 5.92 Å². The second-order valence-electron chi connectivity index (χ2n) is 4.33. The molecule has 1 aliphatic carbocycles. The fourth-order valence-electron chi connectivity index (χ4n) is 1.99. The molecule has 98 valence electrons. The molecule has 2 atom stereocenters. The van der Waals surface area contributed by atoms with Gasteiger partial charge in [0, 0.05) is 12.2 Å². The molecule has 0 N–H and O–H groups in total. The Bertz CT molecular complexity index is 448. The fourth-order valence-corrected chi connectivity index (χ4v) is 3.25. The zero-order valence-corrected chi connectivity index (χ0v) is 10.2. The lowest BCUT2D eigenvalue weighted by Gasteiger charge is -2.28. The van der Waals surface area contributed by atoms with Crippen molar-refractivity contribution in [2.75, 3.05) is 6.26 Å². The Morgan fingerprint density at radius 2 is 1.94 bits per heavy atom. The van der Waals surface area contributed by atoms with E-state index in [0.717, 1.165) is 6.26 Å². The first-order valence-electron chi connectivity index (χ1n) is 4.99. The van der Waals surface area contributed by atoms with E-state index in [1.54, 1.807) is 13.0 Å². The minimum absolute atomic E-state index is 0.0306. The first-order chi connectivity index (χ1) is 7.53. The van der Waals surface area contributed by atoms with Gasteiger partial charge in [0.05, 0.1) is 5.25 Å². The number of hydrogen-bond acceptors (Lipinski definition) is 3. The molecule has 0 radical (unpaired) electrons. The monoisotopic (exact) mass is 270 g/mol. The molecule has 0 bridgehead atoms. The first kappa shape index (κ1) is 14.2. The van der Waals surface area contributed by atoms with E-state index < -0.39 is 33.0 Å². The minimum Gasteiger partial charge on any atom is -0.289 e. The summed E-state index contributed by atoms with van der Waals surface area (Å²) in [5, 5.41) is -1.26. The van der Waals surface area contributed by atoms with E-state index >= 15 is 0 Å². The Balaban J connectivity index is 3.10. The van der Waals surface area contributed by atoms with Gasteiger partial charge in [0.1, 0.15) is 0 Å². The number of allylic oxidation sites excluding steroid dienone is 2. The molecule has 0 aromatic rings. The van der Waals surface area contributed by atoms with Gasteiger partial charge in [-0.15, -0.1) is 0 Å². The molecule has 0 aromatic heterocycles. The average Bonchev–Trinajstić information content (AvgIpc) is 2.13. The van der Waals surface area contributed by atoms with Crippen LogP contribution >= 0.6 is 0 Å². The molecule has 17 heavy (non-hydrogen) atoms. The lowest BCUT2D eigenvalue weighted by molar-refractivity contribution is -0.175. The highest BCUT2D eigenvalue weighted by molar-refractivity contribution is 7.91. The Morgan fingerprint density at radius 1 is 1.41 bits per heavy atom. The second-order valence-corrected chi connectivity index (χ2v) is 6.59. The summed E-state index contributed by atoms with van der Waals surface area (Å²) in [5.41, 5.74) is 0.618. The van der Waals surface area contributed by atoms with Crippen molar-refractivity contribution in [1.82, 2.24) is 0 Å². The van der Waals surface area contributed by atoms with Gasteiger partial charge in [-0.05, 0) is 19.8 Å². The Hall–Kier alpha value is -0.850. The van der Waals surface area contributed by atoms with Crippen molar-refractivity contribution >= 4 is 15.6 Å². The average molecular weight is 270 g/mol. The summed E-state index contributed by atoms with van der Waals surface area (Å²) in [6, 6.07) is 0. The van der Waals surface area contributed by atoms with E-state index in [4.69, 9.17) is 0 Å². The predicted octanol–water partition coefficient (Wildman–Crippen LogP) is 1.89. The van der Waals surface area contributed by atoms with Crippen molar-refractivity contribution in [1.29, 1.82) is 0 Å². The van der Waals surface area contributed by atoms with Crippen LogP contribution in [0.25, 0.3) is 0 Å². The summed E-state index contributed by atoms with van der Waals surface area (Å²) in [7, 11) is -3.67. The molecular weight excluding hydrogens is 257 g/mol. The van der Waals surface area contributed by atoms with Crippen LogP contribution in [-0.2, 0) is 14.6 Å². The molecule has 3 nitrogen and oxygen atoms in total. The van der Waals surface area contributed by atoms with Crippen molar-refractivity contribution in [2.45, 2.75) is 31.2 Å². The zero-order chi connectivity index (χ0) is 13.4. The van der Waals surface area contributed by atoms with Crippen molar-refractivity contribution in [3.05, 3.63) is 11.6 Å². The van der Waals surface area contributed by atoms with Crippen LogP contribution in [0.2, 0.25) is 0 Å². The molecule has 0 aliphatic heterocycles. The summed E-state index contributed by atoms with van der Waals surface area (Å²) < 4.78 is 59.8. The third-order valence-electron chi connectivity index (χ3n) is 2.86. The van der Waals surface area contributed by atoms with E-state index in [1.807, 2.05) is 0 Å². The number of carbonyl (C=O) groups is 1. The third-order valence-corrected chi connectivity index (χ3v) is 4.48. The van der Waals surface area contributed by atoms with Gasteiger partial charge in [-0.1, -0.05) is 11.6 Å². The predicted molar refractivity (Wildman–Crippen MR) is 56.2 cm³/mol. The largest absolute Gasteiger partial charge is 0.450 e. The van der Waals surface area contributed by atoms with Gasteiger partial charge in [0.2, 0.25) is 5.78 Å². The standard InChI is InChI=1S/C10H13F3O3S/c1-6-3-4-8(17(2,15)16)7(5-6)9(14)10(11,12)13/h3,7-8H,4-5H2,1-2H3/t7-,8-/m1/s1. The number of ketones is 1. The van der Waals surface area contributed by atoms with E-state index in [9.17, 15) is 26.4 Å². The highest BCUT2D eigenvalue weighted by atomic mass is 32.2. The van der Waals surface area contributed by atoms with E-state index in [1.165, 1.54) is 0 Å². The number of alkyl halides is 3.